The summed E-state index contributed by atoms with van der Waals surface area (Å²) < 4.78 is 5.99. The first-order valence-corrected chi connectivity index (χ1v) is 14.7. The van der Waals surface area contributed by atoms with Crippen molar-refractivity contribution in [3.05, 3.63) is 0 Å². The summed E-state index contributed by atoms with van der Waals surface area (Å²) in [5.74, 6) is 5.04. The Labute approximate surface area is 212 Å². The van der Waals surface area contributed by atoms with Gasteiger partial charge in [0.25, 0.3) is 0 Å². The van der Waals surface area contributed by atoms with E-state index in [9.17, 15) is 5.26 Å². The molecule has 9 unspecified atom stereocenters. The molecule has 5 N–H and O–H groups in total. The molecule has 0 amide bonds. The summed E-state index contributed by atoms with van der Waals surface area (Å²) in [7, 11) is 0. The van der Waals surface area contributed by atoms with E-state index in [1.165, 1.54) is 57.9 Å². The second-order valence-corrected chi connectivity index (χ2v) is 13.4. The molecule has 0 aromatic heterocycles. The van der Waals surface area contributed by atoms with Crippen molar-refractivity contribution in [3.8, 4) is 6.07 Å². The standard InChI is InChI=1S/C28H48N6O/c1-28(2,16-29)21-6-3-17(4-7-21)26-25-22-12-18(5-8-23(22)32-15-24(25)33-34-26)19-11-20(14-30-13-19)27-31-9-10-35-27/h17-27,30-34H,3-15H2,1-2H3. The van der Waals surface area contributed by atoms with E-state index in [1.807, 2.05) is 0 Å². The van der Waals surface area contributed by atoms with E-state index in [2.05, 4.69) is 46.7 Å². The van der Waals surface area contributed by atoms with Gasteiger partial charge in [0.15, 0.2) is 0 Å². The van der Waals surface area contributed by atoms with Crippen LogP contribution < -0.4 is 26.8 Å². The van der Waals surface area contributed by atoms with Crippen LogP contribution in [0, 0.1) is 58.2 Å². The highest BCUT2D eigenvalue weighted by molar-refractivity contribution is 5.08. The van der Waals surface area contributed by atoms with Gasteiger partial charge < -0.3 is 15.4 Å². The van der Waals surface area contributed by atoms with Crippen molar-refractivity contribution >= 4 is 0 Å². The minimum atomic E-state index is -0.184. The highest BCUT2D eigenvalue weighted by Crippen LogP contribution is 2.48. The Morgan fingerprint density at radius 2 is 1.60 bits per heavy atom. The van der Waals surface area contributed by atoms with Crippen LogP contribution in [0.5, 0.6) is 0 Å². The molecule has 9 atom stereocenters. The average Bonchev–Trinajstić information content (AvgIpc) is 3.59. The van der Waals surface area contributed by atoms with Crippen LogP contribution in [0.15, 0.2) is 0 Å². The Hall–Kier alpha value is -0.750. The molecule has 4 saturated heterocycles. The Morgan fingerprint density at radius 1 is 0.800 bits per heavy atom. The Bertz CT molecular complexity index is 770. The number of rotatable bonds is 4. The van der Waals surface area contributed by atoms with Gasteiger partial charge in [0.05, 0.1) is 18.1 Å². The van der Waals surface area contributed by atoms with Crippen molar-refractivity contribution in [2.75, 3.05) is 32.8 Å². The van der Waals surface area contributed by atoms with Crippen LogP contribution >= 0.6 is 0 Å². The smallest absolute Gasteiger partial charge is 0.112 e. The summed E-state index contributed by atoms with van der Waals surface area (Å²) in [5, 5.41) is 20.9. The summed E-state index contributed by atoms with van der Waals surface area (Å²) in [6, 6.07) is 4.42. The fraction of sp³-hybridized carbons (Fsp3) is 0.964. The molecule has 6 fully saturated rings. The second-order valence-electron chi connectivity index (χ2n) is 13.4. The first-order valence-electron chi connectivity index (χ1n) is 14.7. The molecule has 0 radical (unpaired) electrons. The molecule has 2 saturated carbocycles. The lowest BCUT2D eigenvalue weighted by molar-refractivity contribution is 0.00835. The monoisotopic (exact) mass is 484 g/mol. The van der Waals surface area contributed by atoms with Crippen molar-refractivity contribution < 1.29 is 4.74 Å². The van der Waals surface area contributed by atoms with Crippen molar-refractivity contribution in [2.24, 2.45) is 46.8 Å². The summed E-state index contributed by atoms with van der Waals surface area (Å²) >= 11 is 0. The van der Waals surface area contributed by atoms with Crippen molar-refractivity contribution in [1.29, 1.82) is 5.26 Å². The van der Waals surface area contributed by atoms with Gasteiger partial charge in [-0.1, -0.05) is 0 Å². The molecule has 0 aromatic rings. The van der Waals surface area contributed by atoms with Crippen LogP contribution in [0.1, 0.15) is 65.2 Å². The number of hydrogen-bond donors (Lipinski definition) is 5. The zero-order chi connectivity index (χ0) is 24.0. The van der Waals surface area contributed by atoms with Crippen molar-refractivity contribution in [3.63, 3.8) is 0 Å². The summed E-state index contributed by atoms with van der Waals surface area (Å²) in [6.07, 6.45) is 10.6. The quantitative estimate of drug-likeness (QED) is 0.418. The lowest BCUT2D eigenvalue weighted by Crippen LogP contribution is -2.59. The summed E-state index contributed by atoms with van der Waals surface area (Å²) in [6.45, 7) is 9.54. The Kier molecular flexibility index (Phi) is 7.16. The van der Waals surface area contributed by atoms with Gasteiger partial charge in [0.2, 0.25) is 0 Å². The Balaban J connectivity index is 1.11. The van der Waals surface area contributed by atoms with Crippen LogP contribution in [0.4, 0.5) is 0 Å². The van der Waals surface area contributed by atoms with Gasteiger partial charge in [-0.2, -0.15) is 5.26 Å². The molecule has 4 heterocycles. The van der Waals surface area contributed by atoms with Gasteiger partial charge in [0.1, 0.15) is 6.23 Å². The fourth-order valence-electron chi connectivity index (χ4n) is 9.09. The van der Waals surface area contributed by atoms with E-state index in [1.54, 1.807) is 0 Å². The molecule has 6 rings (SSSR count). The zero-order valence-electron chi connectivity index (χ0n) is 21.9. The lowest BCUT2D eigenvalue weighted by atomic mass is 9.60. The van der Waals surface area contributed by atoms with Crippen molar-refractivity contribution in [2.45, 2.75) is 89.6 Å². The minimum Gasteiger partial charge on any atom is -0.362 e. The highest BCUT2D eigenvalue weighted by Gasteiger charge is 2.52. The van der Waals surface area contributed by atoms with Crippen molar-refractivity contribution in [1.82, 2.24) is 26.8 Å². The van der Waals surface area contributed by atoms with Crippen LogP contribution in [0.2, 0.25) is 0 Å². The van der Waals surface area contributed by atoms with E-state index < -0.39 is 0 Å². The number of piperidine rings is 2. The SMILES string of the molecule is CC(C)(C#N)C1CCC(C2NNC3CNC4CCC(C5CNCC(C6NCCO6)C5)CC4C32)CC1. The molecule has 0 aromatic carbocycles. The average molecular weight is 485 g/mol. The van der Waals surface area contributed by atoms with Crippen LogP contribution in [-0.4, -0.2) is 57.1 Å². The maximum atomic E-state index is 9.62. The van der Waals surface area contributed by atoms with E-state index >= 15 is 0 Å². The molecule has 196 valence electrons. The number of nitrogens with one attached hydrogen (secondary N) is 5. The third kappa shape index (κ3) is 4.80. The predicted molar refractivity (Wildman–Crippen MR) is 137 cm³/mol. The third-order valence-corrected chi connectivity index (χ3v) is 11.2. The second kappa shape index (κ2) is 10.2. The van der Waals surface area contributed by atoms with E-state index in [0.29, 0.717) is 30.0 Å². The topological polar surface area (TPSA) is 93.2 Å². The summed E-state index contributed by atoms with van der Waals surface area (Å²) in [4.78, 5) is 0. The van der Waals surface area contributed by atoms with Crippen LogP contribution in [-0.2, 0) is 4.74 Å². The molecule has 0 spiro atoms. The van der Waals surface area contributed by atoms with Gasteiger partial charge >= 0.3 is 0 Å². The first kappa shape index (κ1) is 24.6. The number of nitriles is 1. The van der Waals surface area contributed by atoms with Gasteiger partial charge in [-0.05, 0) is 107 Å². The molecular weight excluding hydrogens is 436 g/mol. The molecule has 6 aliphatic rings. The van der Waals surface area contributed by atoms with E-state index in [-0.39, 0.29) is 11.6 Å². The normalized spacial score (nSPS) is 48.7. The molecular formula is C28H48N6O. The number of ether oxygens (including phenoxy) is 1. The maximum Gasteiger partial charge on any atom is 0.112 e. The van der Waals surface area contributed by atoms with E-state index in [0.717, 1.165) is 55.8 Å². The number of hydrogen-bond acceptors (Lipinski definition) is 7. The lowest BCUT2D eigenvalue weighted by Gasteiger charge is -2.50. The van der Waals surface area contributed by atoms with Gasteiger partial charge in [0, 0.05) is 43.7 Å². The zero-order valence-corrected chi connectivity index (χ0v) is 21.9. The number of nitrogens with zero attached hydrogens (tertiary/aromatic N) is 1. The van der Waals surface area contributed by atoms with Crippen LogP contribution in [0.3, 0.4) is 0 Å². The summed E-state index contributed by atoms with van der Waals surface area (Å²) in [5.41, 5.74) is 7.36. The number of fused-ring (bicyclic) bond motifs is 3. The fourth-order valence-corrected chi connectivity index (χ4v) is 9.09. The molecule has 4 aliphatic heterocycles. The molecule has 7 heteroatoms. The third-order valence-electron chi connectivity index (χ3n) is 11.2. The molecule has 7 nitrogen and oxygen atoms in total. The minimum absolute atomic E-state index is 0.184. The molecule has 35 heavy (non-hydrogen) atoms. The van der Waals surface area contributed by atoms with Gasteiger partial charge in [-0.25, -0.2) is 0 Å². The first-order chi connectivity index (χ1) is 17.0. The van der Waals surface area contributed by atoms with Gasteiger partial charge in [-0.3, -0.25) is 16.2 Å². The maximum absolute atomic E-state index is 9.62. The Morgan fingerprint density at radius 3 is 2.37 bits per heavy atom. The highest BCUT2D eigenvalue weighted by atomic mass is 16.5. The van der Waals surface area contributed by atoms with Crippen LogP contribution in [0.25, 0.3) is 0 Å². The molecule has 2 aliphatic carbocycles. The van der Waals surface area contributed by atoms with E-state index in [4.69, 9.17) is 4.74 Å². The predicted octanol–water partition coefficient (Wildman–Crippen LogP) is 2.36. The number of hydrazine groups is 1. The van der Waals surface area contributed by atoms with Gasteiger partial charge in [-0.15, -0.1) is 0 Å². The molecule has 0 bridgehead atoms. The largest absolute Gasteiger partial charge is 0.362 e.